The number of hydrogen-bond donors (Lipinski definition) is 2. The van der Waals surface area contributed by atoms with Crippen molar-refractivity contribution in [1.29, 1.82) is 0 Å². The summed E-state index contributed by atoms with van der Waals surface area (Å²) in [4.78, 5) is 13.5. The summed E-state index contributed by atoms with van der Waals surface area (Å²) >= 11 is 0. The monoisotopic (exact) mass is 427 g/mol. The molecule has 0 bridgehead atoms. The minimum atomic E-state index is -3.15. The molecule has 0 spiro atoms. The van der Waals surface area contributed by atoms with Crippen LogP contribution in [0.25, 0.3) is 0 Å². The Balaban J connectivity index is 1.42. The summed E-state index contributed by atoms with van der Waals surface area (Å²) in [7, 11) is 0. The molecule has 2 heterocycles. The quantitative estimate of drug-likeness (QED) is 0.415. The molecule has 1 aromatic heterocycles. The van der Waals surface area contributed by atoms with Gasteiger partial charge in [-0.2, -0.15) is 0 Å². The number of halogens is 2. The zero-order valence-electron chi connectivity index (χ0n) is 17.2. The predicted octanol–water partition coefficient (Wildman–Crippen LogP) is 3.26. The molecule has 30 heavy (non-hydrogen) atoms. The molecule has 1 aliphatic heterocycles. The second-order valence-electron chi connectivity index (χ2n) is 8.19. The maximum absolute atomic E-state index is 14.5. The number of tetrazole rings is 1. The highest BCUT2D eigenvalue weighted by molar-refractivity contribution is 5.70. The standard InChI is InChI=1S/C20H31F2N5O3/c21-20(22,15-8-4-3-5-9-15)17(28)12-11-16-14-30-19(29)27(16)13-7-2-1-6-10-18-23-25-26-24-18/h11-12,15-17,28H,1-10,13-14H2,(H,23,24,25,26)/b12-11+. The summed E-state index contributed by atoms with van der Waals surface area (Å²) in [6.07, 6.45) is 8.17. The lowest BCUT2D eigenvalue weighted by Gasteiger charge is -2.32. The fraction of sp³-hybridized carbons (Fsp3) is 0.800. The van der Waals surface area contributed by atoms with Gasteiger partial charge in [-0.25, -0.2) is 18.7 Å². The molecule has 1 aliphatic carbocycles. The first kappa shape index (κ1) is 22.6. The molecule has 2 aliphatic rings. The first-order valence-electron chi connectivity index (χ1n) is 10.9. The van der Waals surface area contributed by atoms with Gasteiger partial charge >= 0.3 is 6.09 Å². The lowest BCUT2D eigenvalue weighted by atomic mass is 9.82. The number of H-pyrrole nitrogens is 1. The van der Waals surface area contributed by atoms with E-state index in [1.807, 2.05) is 0 Å². The number of hydrogen-bond acceptors (Lipinski definition) is 6. The maximum Gasteiger partial charge on any atom is 0.410 e. The maximum atomic E-state index is 14.5. The molecule has 1 amide bonds. The number of aryl methyl sites for hydroxylation is 1. The van der Waals surface area contributed by atoms with E-state index in [1.165, 1.54) is 6.08 Å². The van der Waals surface area contributed by atoms with E-state index in [0.717, 1.165) is 63.3 Å². The van der Waals surface area contributed by atoms with E-state index in [4.69, 9.17) is 4.74 Å². The van der Waals surface area contributed by atoms with Crippen LogP contribution in [0.1, 0.15) is 63.6 Å². The van der Waals surface area contributed by atoms with Crippen molar-refractivity contribution in [3.8, 4) is 0 Å². The second-order valence-corrected chi connectivity index (χ2v) is 8.19. The van der Waals surface area contributed by atoms with Crippen molar-refractivity contribution < 1.29 is 23.4 Å². The number of ether oxygens (including phenoxy) is 1. The van der Waals surface area contributed by atoms with Crippen LogP contribution in [0.4, 0.5) is 13.6 Å². The molecule has 2 unspecified atom stereocenters. The molecule has 0 radical (unpaired) electrons. The highest BCUT2D eigenvalue weighted by atomic mass is 19.3. The third kappa shape index (κ3) is 5.96. The first-order chi connectivity index (χ1) is 14.5. The van der Waals surface area contributed by atoms with Gasteiger partial charge in [0, 0.05) is 18.9 Å². The van der Waals surface area contributed by atoms with Gasteiger partial charge in [0.1, 0.15) is 18.5 Å². The molecule has 0 aromatic carbocycles. The number of alkyl halides is 2. The van der Waals surface area contributed by atoms with Crippen LogP contribution in [-0.4, -0.2) is 67.9 Å². The summed E-state index contributed by atoms with van der Waals surface area (Å²) in [5.41, 5.74) is 0. The van der Waals surface area contributed by atoms with Gasteiger partial charge in [-0.3, -0.25) is 4.90 Å². The van der Waals surface area contributed by atoms with Crippen molar-refractivity contribution >= 4 is 6.09 Å². The van der Waals surface area contributed by atoms with Crippen molar-refractivity contribution in [2.24, 2.45) is 5.92 Å². The Morgan fingerprint density at radius 3 is 2.73 bits per heavy atom. The smallest absolute Gasteiger partial charge is 0.410 e. The fourth-order valence-electron chi connectivity index (χ4n) is 4.19. The van der Waals surface area contributed by atoms with Crippen molar-refractivity contribution in [2.75, 3.05) is 13.2 Å². The van der Waals surface area contributed by atoms with Gasteiger partial charge in [-0.15, -0.1) is 5.10 Å². The van der Waals surface area contributed by atoms with Crippen LogP contribution in [0.15, 0.2) is 12.2 Å². The predicted molar refractivity (Wildman–Crippen MR) is 105 cm³/mol. The van der Waals surface area contributed by atoms with Gasteiger partial charge in [0.25, 0.3) is 5.92 Å². The number of aromatic nitrogens is 4. The van der Waals surface area contributed by atoms with Crippen LogP contribution in [0, 0.1) is 5.92 Å². The van der Waals surface area contributed by atoms with Gasteiger partial charge in [0.2, 0.25) is 0 Å². The molecule has 2 atom stereocenters. The summed E-state index contributed by atoms with van der Waals surface area (Å²) in [6, 6.07) is -0.422. The fourth-order valence-corrected chi connectivity index (χ4v) is 4.19. The molecule has 8 nitrogen and oxygen atoms in total. The largest absolute Gasteiger partial charge is 0.447 e. The van der Waals surface area contributed by atoms with E-state index < -0.39 is 30.1 Å². The van der Waals surface area contributed by atoms with Crippen LogP contribution in [0.2, 0.25) is 0 Å². The molecule has 1 aromatic rings. The molecule has 1 saturated carbocycles. The normalized spacial score (nSPS) is 22.0. The number of carbonyl (C=O) groups excluding carboxylic acids is 1. The minimum Gasteiger partial charge on any atom is -0.447 e. The van der Waals surface area contributed by atoms with Gasteiger partial charge in [0.05, 0.1) is 6.04 Å². The zero-order valence-corrected chi connectivity index (χ0v) is 17.2. The Kier molecular flexibility index (Phi) is 8.12. The number of aliphatic hydroxyl groups is 1. The molecule has 168 valence electrons. The highest BCUT2D eigenvalue weighted by Gasteiger charge is 2.45. The number of unbranched alkanes of at least 4 members (excludes halogenated alkanes) is 3. The topological polar surface area (TPSA) is 104 Å². The Bertz CT molecular complexity index is 680. The van der Waals surface area contributed by atoms with E-state index >= 15 is 0 Å². The van der Waals surface area contributed by atoms with Crippen LogP contribution in [0.5, 0.6) is 0 Å². The number of nitrogens with one attached hydrogen (secondary N) is 1. The average molecular weight is 427 g/mol. The third-order valence-corrected chi connectivity index (χ3v) is 6.02. The summed E-state index contributed by atoms with van der Waals surface area (Å²) < 4.78 is 34.2. The first-order valence-corrected chi connectivity index (χ1v) is 10.9. The number of cyclic esters (lactones) is 1. The van der Waals surface area contributed by atoms with Crippen molar-refractivity contribution in [2.45, 2.75) is 82.3 Å². The number of rotatable bonds is 11. The van der Waals surface area contributed by atoms with Crippen LogP contribution >= 0.6 is 0 Å². The van der Waals surface area contributed by atoms with Gasteiger partial charge in [-0.05, 0) is 36.1 Å². The molecule has 3 rings (SSSR count). The SMILES string of the molecule is O=C1OCC(/C=C/C(O)C(F)(F)C2CCCCC2)N1CCCCCCc1nnn[nH]1. The Morgan fingerprint density at radius 1 is 1.23 bits per heavy atom. The summed E-state index contributed by atoms with van der Waals surface area (Å²) in [6.45, 7) is 0.613. The second kappa shape index (κ2) is 10.8. The van der Waals surface area contributed by atoms with E-state index in [-0.39, 0.29) is 6.61 Å². The number of carbonyl (C=O) groups is 1. The van der Waals surface area contributed by atoms with E-state index in [1.54, 1.807) is 4.90 Å². The third-order valence-electron chi connectivity index (χ3n) is 6.02. The van der Waals surface area contributed by atoms with E-state index in [2.05, 4.69) is 20.6 Å². The van der Waals surface area contributed by atoms with Crippen LogP contribution < -0.4 is 0 Å². The van der Waals surface area contributed by atoms with Crippen LogP contribution in [-0.2, 0) is 11.2 Å². The van der Waals surface area contributed by atoms with E-state index in [0.29, 0.717) is 19.4 Å². The number of amides is 1. The molecule has 2 fully saturated rings. The van der Waals surface area contributed by atoms with Crippen molar-refractivity contribution in [3.05, 3.63) is 18.0 Å². The molecule has 10 heteroatoms. The lowest BCUT2D eigenvalue weighted by molar-refractivity contribution is -0.137. The average Bonchev–Trinajstić information content (AvgIpc) is 3.39. The van der Waals surface area contributed by atoms with Crippen molar-refractivity contribution in [1.82, 2.24) is 25.5 Å². The molecule has 1 saturated heterocycles. The summed E-state index contributed by atoms with van der Waals surface area (Å²) in [5.74, 6) is -3.17. The molecular formula is C20H31F2N5O3. The molecular weight excluding hydrogens is 396 g/mol. The Morgan fingerprint density at radius 2 is 2.00 bits per heavy atom. The number of aromatic amines is 1. The number of aliphatic hydroxyl groups excluding tert-OH is 1. The zero-order chi connectivity index (χ0) is 21.4. The van der Waals surface area contributed by atoms with Crippen molar-refractivity contribution in [3.63, 3.8) is 0 Å². The number of nitrogens with zero attached hydrogens (tertiary/aromatic N) is 4. The van der Waals surface area contributed by atoms with Gasteiger partial charge in [-0.1, -0.05) is 44.3 Å². The summed E-state index contributed by atoms with van der Waals surface area (Å²) in [5, 5.41) is 23.7. The Labute approximate surface area is 175 Å². The van der Waals surface area contributed by atoms with Gasteiger partial charge < -0.3 is 9.84 Å². The molecule has 2 N–H and O–H groups in total. The Hall–Kier alpha value is -2.10. The minimum absolute atomic E-state index is 0.121. The highest BCUT2D eigenvalue weighted by Crippen LogP contribution is 2.39. The van der Waals surface area contributed by atoms with Gasteiger partial charge in [0.15, 0.2) is 0 Å². The van der Waals surface area contributed by atoms with Crippen LogP contribution in [0.3, 0.4) is 0 Å². The van der Waals surface area contributed by atoms with E-state index in [9.17, 15) is 18.7 Å². The lowest BCUT2D eigenvalue weighted by Crippen LogP contribution is -2.41.